The summed E-state index contributed by atoms with van der Waals surface area (Å²) in [5.74, 6) is 0. The molecule has 4 nitrogen and oxygen atoms in total. The number of piperidine rings is 1. The Kier molecular flexibility index (Phi) is 3.87. The largest absolute Gasteiger partial charge is 0.329 e. The van der Waals surface area contributed by atoms with Gasteiger partial charge in [0, 0.05) is 43.8 Å². The lowest BCUT2D eigenvalue weighted by molar-refractivity contribution is -0.0285. The van der Waals surface area contributed by atoms with Crippen molar-refractivity contribution in [2.24, 2.45) is 5.73 Å². The third-order valence-corrected chi connectivity index (χ3v) is 6.00. The number of nitrogens with two attached hydrogens (primary N) is 1. The first kappa shape index (κ1) is 13.8. The summed E-state index contributed by atoms with van der Waals surface area (Å²) < 4.78 is 0. The molecule has 19 heavy (non-hydrogen) atoms. The van der Waals surface area contributed by atoms with Crippen molar-refractivity contribution in [2.45, 2.75) is 50.2 Å². The summed E-state index contributed by atoms with van der Waals surface area (Å²) in [4.78, 5) is 7.93. The van der Waals surface area contributed by atoms with E-state index in [0.29, 0.717) is 6.04 Å². The zero-order valence-corrected chi connectivity index (χ0v) is 12.6. The number of hydrogen-bond acceptors (Lipinski definition) is 4. The van der Waals surface area contributed by atoms with E-state index in [9.17, 15) is 0 Å². The third kappa shape index (κ3) is 2.44. The fourth-order valence-electron chi connectivity index (χ4n) is 4.44. The average Bonchev–Trinajstić information content (AvgIpc) is 2.89. The van der Waals surface area contributed by atoms with Crippen molar-refractivity contribution in [2.75, 3.05) is 46.3 Å². The predicted molar refractivity (Wildman–Crippen MR) is 79.3 cm³/mol. The zero-order valence-electron chi connectivity index (χ0n) is 12.6. The maximum atomic E-state index is 6.24. The topological polar surface area (TPSA) is 35.7 Å². The van der Waals surface area contributed by atoms with Gasteiger partial charge in [-0.05, 0) is 52.7 Å². The minimum Gasteiger partial charge on any atom is -0.329 e. The second-order valence-corrected chi connectivity index (χ2v) is 6.99. The Hall–Kier alpha value is -0.160. The first-order valence-corrected chi connectivity index (χ1v) is 8.04. The first-order valence-electron chi connectivity index (χ1n) is 8.04. The molecule has 0 aromatic rings. The highest BCUT2D eigenvalue weighted by atomic mass is 15.3. The van der Waals surface area contributed by atoms with Crippen molar-refractivity contribution >= 4 is 0 Å². The molecule has 3 fully saturated rings. The predicted octanol–water partition coefficient (Wildman–Crippen LogP) is 0.578. The number of fused-ring (bicyclic) bond motifs is 1. The van der Waals surface area contributed by atoms with Crippen molar-refractivity contribution < 1.29 is 0 Å². The van der Waals surface area contributed by atoms with Gasteiger partial charge in [0.2, 0.25) is 0 Å². The molecule has 3 saturated heterocycles. The van der Waals surface area contributed by atoms with E-state index in [1.807, 2.05) is 0 Å². The van der Waals surface area contributed by atoms with E-state index in [1.165, 1.54) is 58.4 Å². The summed E-state index contributed by atoms with van der Waals surface area (Å²) in [7, 11) is 2.25. The van der Waals surface area contributed by atoms with Crippen LogP contribution in [0.15, 0.2) is 0 Å². The van der Waals surface area contributed by atoms with Crippen molar-refractivity contribution in [3.05, 3.63) is 0 Å². The summed E-state index contributed by atoms with van der Waals surface area (Å²) >= 11 is 0. The number of hydrogen-bond donors (Lipinski definition) is 1. The van der Waals surface area contributed by atoms with Crippen molar-refractivity contribution in [3.8, 4) is 0 Å². The molecule has 0 aromatic carbocycles. The standard InChI is InChI=1S/C15H30N4/c1-13-10-15(12-16,5-7-17(13)2)19-9-8-18-6-3-4-14(18)11-19/h13-14H,3-12,16H2,1-2H3. The molecule has 0 aromatic heterocycles. The van der Waals surface area contributed by atoms with Gasteiger partial charge >= 0.3 is 0 Å². The van der Waals surface area contributed by atoms with Crippen LogP contribution in [0.4, 0.5) is 0 Å². The van der Waals surface area contributed by atoms with E-state index < -0.39 is 0 Å². The van der Waals surface area contributed by atoms with Crippen LogP contribution in [0.2, 0.25) is 0 Å². The van der Waals surface area contributed by atoms with Crippen LogP contribution >= 0.6 is 0 Å². The molecule has 4 heteroatoms. The van der Waals surface area contributed by atoms with E-state index in [4.69, 9.17) is 5.73 Å². The molecule has 0 aliphatic carbocycles. The molecule has 3 aliphatic heterocycles. The average molecular weight is 266 g/mol. The molecule has 0 saturated carbocycles. The normalized spacial score (nSPS) is 42.5. The highest BCUT2D eigenvalue weighted by molar-refractivity contribution is 5.02. The van der Waals surface area contributed by atoms with Crippen LogP contribution < -0.4 is 5.73 Å². The van der Waals surface area contributed by atoms with Gasteiger partial charge in [-0.2, -0.15) is 0 Å². The fourth-order valence-corrected chi connectivity index (χ4v) is 4.44. The van der Waals surface area contributed by atoms with Gasteiger partial charge in [-0.1, -0.05) is 0 Å². The monoisotopic (exact) mass is 266 g/mol. The van der Waals surface area contributed by atoms with Crippen LogP contribution in [0, 0.1) is 0 Å². The summed E-state index contributed by atoms with van der Waals surface area (Å²) in [6, 6.07) is 1.48. The third-order valence-electron chi connectivity index (χ3n) is 6.00. The Labute approximate surface area is 117 Å². The van der Waals surface area contributed by atoms with Gasteiger partial charge in [0.25, 0.3) is 0 Å². The summed E-state index contributed by atoms with van der Waals surface area (Å²) in [6.45, 7) is 9.46. The Bertz CT molecular complexity index is 321. The lowest BCUT2D eigenvalue weighted by Gasteiger charge is -2.53. The van der Waals surface area contributed by atoms with Gasteiger partial charge in [0.05, 0.1) is 0 Å². The highest BCUT2D eigenvalue weighted by Crippen LogP contribution is 2.34. The molecular weight excluding hydrogens is 236 g/mol. The summed E-state index contributed by atoms with van der Waals surface area (Å²) in [5, 5.41) is 0. The quantitative estimate of drug-likeness (QED) is 0.793. The second kappa shape index (κ2) is 5.32. The van der Waals surface area contributed by atoms with Crippen LogP contribution in [-0.4, -0.2) is 78.6 Å². The Morgan fingerprint density at radius 3 is 2.79 bits per heavy atom. The minimum atomic E-state index is 0.278. The van der Waals surface area contributed by atoms with Gasteiger partial charge in [0.15, 0.2) is 0 Å². The van der Waals surface area contributed by atoms with Gasteiger partial charge in [-0.15, -0.1) is 0 Å². The maximum absolute atomic E-state index is 6.24. The molecule has 110 valence electrons. The van der Waals surface area contributed by atoms with E-state index in [0.717, 1.165) is 12.6 Å². The molecule has 0 bridgehead atoms. The maximum Gasteiger partial charge on any atom is 0.0359 e. The Morgan fingerprint density at radius 1 is 1.21 bits per heavy atom. The number of likely N-dealkylation sites (tertiary alicyclic amines) is 1. The summed E-state index contributed by atoms with van der Waals surface area (Å²) in [6.07, 6.45) is 5.28. The fraction of sp³-hybridized carbons (Fsp3) is 1.00. The number of rotatable bonds is 2. The molecule has 0 radical (unpaired) electrons. The Balaban J connectivity index is 1.71. The lowest BCUT2D eigenvalue weighted by atomic mass is 9.81. The van der Waals surface area contributed by atoms with E-state index >= 15 is 0 Å². The van der Waals surface area contributed by atoms with Gasteiger partial charge < -0.3 is 10.6 Å². The van der Waals surface area contributed by atoms with Gasteiger partial charge in [-0.25, -0.2) is 0 Å². The Morgan fingerprint density at radius 2 is 2.05 bits per heavy atom. The summed E-state index contributed by atoms with van der Waals surface area (Å²) in [5.41, 5.74) is 6.52. The highest BCUT2D eigenvalue weighted by Gasteiger charge is 2.44. The van der Waals surface area contributed by atoms with Crippen LogP contribution in [0.25, 0.3) is 0 Å². The molecule has 2 N–H and O–H groups in total. The first-order chi connectivity index (χ1) is 9.14. The van der Waals surface area contributed by atoms with Crippen LogP contribution in [0.3, 0.4) is 0 Å². The zero-order chi connectivity index (χ0) is 13.5. The van der Waals surface area contributed by atoms with Crippen LogP contribution in [0.5, 0.6) is 0 Å². The van der Waals surface area contributed by atoms with Gasteiger partial charge in [0.1, 0.15) is 0 Å². The van der Waals surface area contributed by atoms with E-state index in [1.54, 1.807) is 0 Å². The van der Waals surface area contributed by atoms with Gasteiger partial charge in [-0.3, -0.25) is 9.80 Å². The molecule has 3 heterocycles. The molecule has 0 spiro atoms. The van der Waals surface area contributed by atoms with Crippen molar-refractivity contribution in [3.63, 3.8) is 0 Å². The second-order valence-electron chi connectivity index (χ2n) is 6.99. The van der Waals surface area contributed by atoms with Crippen LogP contribution in [0.1, 0.15) is 32.6 Å². The molecule has 0 amide bonds. The minimum absolute atomic E-state index is 0.278. The SMILES string of the molecule is CC1CC(CN)(N2CCN3CCCC3C2)CCN1C. The van der Waals surface area contributed by atoms with Crippen molar-refractivity contribution in [1.29, 1.82) is 0 Å². The molecule has 3 aliphatic rings. The molecular formula is C15H30N4. The van der Waals surface area contributed by atoms with Crippen molar-refractivity contribution in [1.82, 2.24) is 14.7 Å². The van der Waals surface area contributed by atoms with E-state index in [2.05, 4.69) is 28.7 Å². The smallest absolute Gasteiger partial charge is 0.0359 e. The van der Waals surface area contributed by atoms with Crippen LogP contribution in [-0.2, 0) is 0 Å². The molecule has 3 atom stereocenters. The number of piperazine rings is 1. The molecule has 3 rings (SSSR count). The van der Waals surface area contributed by atoms with E-state index in [-0.39, 0.29) is 5.54 Å². The molecule has 3 unspecified atom stereocenters. The lowest BCUT2D eigenvalue weighted by Crippen LogP contribution is -2.65. The number of nitrogens with zero attached hydrogens (tertiary/aromatic N) is 3.